The van der Waals surface area contributed by atoms with Gasteiger partial charge >= 0.3 is 0 Å². The first-order valence-corrected chi connectivity index (χ1v) is 11.0. The van der Waals surface area contributed by atoms with Gasteiger partial charge in [0, 0.05) is 17.6 Å². The van der Waals surface area contributed by atoms with Gasteiger partial charge in [0.15, 0.2) is 5.17 Å². The molecule has 1 aliphatic heterocycles. The maximum absolute atomic E-state index is 12.6. The summed E-state index contributed by atoms with van der Waals surface area (Å²) in [5.74, 6) is 0.682. The quantitative estimate of drug-likeness (QED) is 0.420. The van der Waals surface area contributed by atoms with Gasteiger partial charge in [0.2, 0.25) is 0 Å². The average molecular weight is 449 g/mol. The lowest BCUT2D eigenvalue weighted by Gasteiger charge is -2.08. The van der Waals surface area contributed by atoms with Crippen LogP contribution in [0.15, 0.2) is 82.7 Å². The Morgan fingerprint density at radius 2 is 1.74 bits per heavy atom. The number of likely N-dealkylation sites (N-methyl/N-ethyl adjacent to an activating group) is 1. The topological polar surface area (TPSA) is 41.9 Å². The lowest BCUT2D eigenvalue weighted by Crippen LogP contribution is -2.23. The van der Waals surface area contributed by atoms with E-state index in [1.165, 1.54) is 17.3 Å². The summed E-state index contributed by atoms with van der Waals surface area (Å²) < 4.78 is 5.82. The third-order valence-electron chi connectivity index (χ3n) is 4.79. The molecule has 1 heterocycles. The number of hydrogen-bond acceptors (Lipinski definition) is 4. The van der Waals surface area contributed by atoms with Gasteiger partial charge in [-0.05, 0) is 60.7 Å². The second-order valence-corrected chi connectivity index (χ2v) is 8.57. The molecule has 0 radical (unpaired) electrons. The van der Waals surface area contributed by atoms with Crippen LogP contribution in [0.3, 0.4) is 0 Å². The van der Waals surface area contributed by atoms with E-state index >= 15 is 0 Å². The molecule has 0 bridgehead atoms. The smallest absolute Gasteiger partial charge is 0.266 e. The van der Waals surface area contributed by atoms with Crippen LogP contribution in [0.4, 0.5) is 5.69 Å². The van der Waals surface area contributed by atoms with Gasteiger partial charge in [-0.1, -0.05) is 59.6 Å². The number of ether oxygens (including phenoxy) is 1. The molecule has 6 heteroatoms. The Balaban J connectivity index is 1.45. The number of carbonyl (C=O) groups excluding carboxylic acids is 1. The normalized spacial score (nSPS) is 16.4. The van der Waals surface area contributed by atoms with E-state index in [4.69, 9.17) is 16.3 Å². The molecule has 4 nitrogen and oxygen atoms in total. The van der Waals surface area contributed by atoms with Gasteiger partial charge in [-0.15, -0.1) is 0 Å². The Morgan fingerprint density at radius 1 is 1.03 bits per heavy atom. The number of amidine groups is 1. The Bertz CT molecular complexity index is 1150. The van der Waals surface area contributed by atoms with Crippen LogP contribution < -0.4 is 4.74 Å². The molecule has 3 aromatic carbocycles. The molecule has 0 aliphatic carbocycles. The predicted molar refractivity (Wildman–Crippen MR) is 129 cm³/mol. The molecule has 0 spiro atoms. The molecule has 1 aliphatic rings. The van der Waals surface area contributed by atoms with Crippen molar-refractivity contribution in [3.8, 4) is 5.75 Å². The van der Waals surface area contributed by atoms with E-state index in [0.29, 0.717) is 21.7 Å². The van der Waals surface area contributed by atoms with E-state index in [-0.39, 0.29) is 5.91 Å². The zero-order chi connectivity index (χ0) is 21.8. The number of rotatable bonds is 5. The lowest BCUT2D eigenvalue weighted by atomic mass is 10.2. The zero-order valence-corrected chi connectivity index (χ0v) is 18.8. The summed E-state index contributed by atoms with van der Waals surface area (Å²) in [5, 5.41) is 1.35. The molecule has 0 atom stereocenters. The van der Waals surface area contributed by atoms with Crippen LogP contribution in [-0.4, -0.2) is 23.0 Å². The molecule has 0 N–H and O–H groups in total. The molecule has 4 rings (SSSR count). The van der Waals surface area contributed by atoms with Crippen molar-refractivity contribution in [2.75, 3.05) is 7.05 Å². The minimum absolute atomic E-state index is 0.0603. The van der Waals surface area contributed by atoms with E-state index in [0.717, 1.165) is 22.6 Å². The van der Waals surface area contributed by atoms with Crippen LogP contribution in [-0.2, 0) is 11.4 Å². The summed E-state index contributed by atoms with van der Waals surface area (Å²) in [5.41, 5.74) is 3.86. The molecular formula is C25H21ClN2O2S. The molecule has 0 unspecified atom stereocenters. The third kappa shape index (κ3) is 5.19. The highest BCUT2D eigenvalue weighted by atomic mass is 35.5. The van der Waals surface area contributed by atoms with E-state index in [1.807, 2.05) is 85.8 Å². The Hall–Kier alpha value is -3.02. The number of amides is 1. The lowest BCUT2D eigenvalue weighted by molar-refractivity contribution is -0.121. The van der Waals surface area contributed by atoms with E-state index in [2.05, 4.69) is 4.99 Å². The first kappa shape index (κ1) is 21.2. The van der Waals surface area contributed by atoms with E-state index < -0.39 is 0 Å². The van der Waals surface area contributed by atoms with Gasteiger partial charge in [-0.2, -0.15) is 0 Å². The fourth-order valence-corrected chi connectivity index (χ4v) is 4.15. The molecule has 0 saturated carbocycles. The molecule has 1 fully saturated rings. The average Bonchev–Trinajstić information content (AvgIpc) is 3.03. The van der Waals surface area contributed by atoms with Crippen molar-refractivity contribution >= 4 is 46.2 Å². The fraction of sp³-hybridized carbons (Fsp3) is 0.120. The minimum Gasteiger partial charge on any atom is -0.489 e. The SMILES string of the molecule is Cc1ccc(N=C2S/C(=C/c3ccc(OCc4ccccc4Cl)cc3)C(=O)N2C)cc1. The van der Waals surface area contributed by atoms with E-state index in [9.17, 15) is 4.79 Å². The number of hydrogen-bond donors (Lipinski definition) is 0. The zero-order valence-electron chi connectivity index (χ0n) is 17.2. The number of nitrogens with zero attached hydrogens (tertiary/aromatic N) is 2. The van der Waals surface area contributed by atoms with Crippen molar-refractivity contribution in [1.82, 2.24) is 4.90 Å². The molecule has 0 aromatic heterocycles. The van der Waals surface area contributed by atoms with Crippen LogP contribution in [0.5, 0.6) is 5.75 Å². The van der Waals surface area contributed by atoms with Crippen molar-refractivity contribution in [2.45, 2.75) is 13.5 Å². The van der Waals surface area contributed by atoms with E-state index in [1.54, 1.807) is 11.9 Å². The highest BCUT2D eigenvalue weighted by Gasteiger charge is 2.30. The number of thioether (sulfide) groups is 1. The van der Waals surface area contributed by atoms with Crippen LogP contribution in [0.1, 0.15) is 16.7 Å². The summed E-state index contributed by atoms with van der Waals surface area (Å²) in [6.07, 6.45) is 1.87. The molecule has 31 heavy (non-hydrogen) atoms. The monoisotopic (exact) mass is 448 g/mol. The van der Waals surface area contributed by atoms with Crippen LogP contribution >= 0.6 is 23.4 Å². The van der Waals surface area contributed by atoms with Crippen molar-refractivity contribution in [3.63, 3.8) is 0 Å². The van der Waals surface area contributed by atoms with Gasteiger partial charge in [-0.3, -0.25) is 9.69 Å². The highest BCUT2D eigenvalue weighted by Crippen LogP contribution is 2.33. The second kappa shape index (κ2) is 9.41. The first-order valence-electron chi connectivity index (χ1n) is 9.79. The van der Waals surface area contributed by atoms with Crippen molar-refractivity contribution in [3.05, 3.63) is 99.4 Å². The van der Waals surface area contributed by atoms with Crippen molar-refractivity contribution in [2.24, 2.45) is 4.99 Å². The first-order chi connectivity index (χ1) is 15.0. The van der Waals surface area contributed by atoms with Gasteiger partial charge < -0.3 is 4.74 Å². The Morgan fingerprint density at radius 3 is 2.45 bits per heavy atom. The fourth-order valence-electron chi connectivity index (χ4n) is 2.97. The van der Waals surface area contributed by atoms with Crippen LogP contribution in [0.25, 0.3) is 6.08 Å². The Kier molecular flexibility index (Phi) is 6.44. The third-order valence-corrected chi connectivity index (χ3v) is 6.22. The summed E-state index contributed by atoms with van der Waals surface area (Å²) >= 11 is 7.55. The number of aliphatic imine (C=N–C) groups is 1. The maximum Gasteiger partial charge on any atom is 0.266 e. The molecule has 1 saturated heterocycles. The van der Waals surface area contributed by atoms with Crippen LogP contribution in [0.2, 0.25) is 5.02 Å². The standard InChI is InChI=1S/C25H21ClN2O2S/c1-17-7-11-20(12-8-17)27-25-28(2)24(29)23(31-25)15-18-9-13-21(14-10-18)30-16-19-5-3-4-6-22(19)26/h3-15H,16H2,1-2H3/b23-15+,27-25?. The van der Waals surface area contributed by atoms with Gasteiger partial charge in [0.05, 0.1) is 10.6 Å². The Labute approximate surface area is 191 Å². The molecular weight excluding hydrogens is 428 g/mol. The minimum atomic E-state index is -0.0603. The summed E-state index contributed by atoms with van der Waals surface area (Å²) in [6.45, 7) is 2.43. The van der Waals surface area contributed by atoms with Crippen molar-refractivity contribution in [1.29, 1.82) is 0 Å². The largest absolute Gasteiger partial charge is 0.489 e. The predicted octanol–water partition coefficient (Wildman–Crippen LogP) is 6.46. The summed E-state index contributed by atoms with van der Waals surface area (Å²) in [6, 6.07) is 23.2. The molecule has 3 aromatic rings. The summed E-state index contributed by atoms with van der Waals surface area (Å²) in [4.78, 5) is 19.5. The second-order valence-electron chi connectivity index (χ2n) is 7.15. The van der Waals surface area contributed by atoms with Gasteiger partial charge in [-0.25, -0.2) is 4.99 Å². The van der Waals surface area contributed by atoms with Gasteiger partial charge in [0.25, 0.3) is 5.91 Å². The number of benzene rings is 3. The van der Waals surface area contributed by atoms with Crippen LogP contribution in [0, 0.1) is 6.92 Å². The number of carbonyl (C=O) groups is 1. The highest BCUT2D eigenvalue weighted by molar-refractivity contribution is 8.18. The van der Waals surface area contributed by atoms with Crippen molar-refractivity contribution < 1.29 is 9.53 Å². The number of aryl methyl sites for hydroxylation is 1. The molecule has 156 valence electrons. The van der Waals surface area contributed by atoms with Gasteiger partial charge in [0.1, 0.15) is 12.4 Å². The summed E-state index contributed by atoms with van der Waals surface area (Å²) in [7, 11) is 1.74. The maximum atomic E-state index is 12.6. The number of halogens is 1. The molecule has 1 amide bonds.